The van der Waals surface area contributed by atoms with E-state index >= 15 is 0 Å². The molecule has 0 bridgehead atoms. The van der Waals surface area contributed by atoms with E-state index in [1.165, 1.54) is 12.8 Å². The molecule has 0 unspecified atom stereocenters. The van der Waals surface area contributed by atoms with Gasteiger partial charge in [0.25, 0.3) is 0 Å². The van der Waals surface area contributed by atoms with Crippen LogP contribution < -0.4 is 0 Å². The molecular formula is C9H17NOS2. The summed E-state index contributed by atoms with van der Waals surface area (Å²) < 4.78 is 6.42. The number of thiocarbonyl (C=S) groups is 1. The maximum atomic E-state index is 5.42. The molecule has 0 saturated carbocycles. The van der Waals surface area contributed by atoms with Gasteiger partial charge < -0.3 is 9.64 Å². The molecule has 76 valence electrons. The van der Waals surface area contributed by atoms with E-state index in [2.05, 4.69) is 18.7 Å². The third-order valence-electron chi connectivity index (χ3n) is 2.09. The lowest BCUT2D eigenvalue weighted by molar-refractivity contribution is 0.0819. The fraction of sp³-hybridized carbons (Fsp3) is 0.889. The second-order valence-electron chi connectivity index (χ2n) is 3.13. The fourth-order valence-electron chi connectivity index (χ4n) is 1.22. The molecule has 1 atom stereocenters. The number of ether oxygens (including phenoxy) is 1. The number of unbranched alkanes of at least 4 members (excludes halogenated alkanes) is 1. The molecular weight excluding hydrogens is 202 g/mol. The second-order valence-corrected chi connectivity index (χ2v) is 4.86. The normalized spacial score (nSPS) is 22.3. The van der Waals surface area contributed by atoms with Crippen LogP contribution in [0.5, 0.6) is 0 Å². The van der Waals surface area contributed by atoms with Crippen LogP contribution in [0.25, 0.3) is 0 Å². The van der Waals surface area contributed by atoms with Gasteiger partial charge in [-0.1, -0.05) is 37.3 Å². The van der Waals surface area contributed by atoms with Gasteiger partial charge in [0.1, 0.15) is 10.5 Å². The van der Waals surface area contributed by atoms with Gasteiger partial charge in [-0.25, -0.2) is 0 Å². The van der Waals surface area contributed by atoms with E-state index in [9.17, 15) is 0 Å². The largest absolute Gasteiger partial charge is 0.357 e. The summed E-state index contributed by atoms with van der Waals surface area (Å²) in [5, 5.41) is 0. The topological polar surface area (TPSA) is 12.5 Å². The number of rotatable bonds is 3. The van der Waals surface area contributed by atoms with Crippen LogP contribution in [0.4, 0.5) is 0 Å². The molecule has 1 heterocycles. The number of thioether (sulfide) groups is 1. The minimum absolute atomic E-state index is 0.182. The first-order chi connectivity index (χ1) is 6.25. The first kappa shape index (κ1) is 11.3. The molecule has 0 spiro atoms. The quantitative estimate of drug-likeness (QED) is 0.534. The number of hydrogen-bond acceptors (Lipinski definition) is 3. The predicted octanol–water partition coefficient (Wildman–Crippen LogP) is 2.48. The lowest BCUT2D eigenvalue weighted by Gasteiger charge is -2.21. The molecule has 2 nitrogen and oxygen atoms in total. The van der Waals surface area contributed by atoms with E-state index in [0.29, 0.717) is 0 Å². The van der Waals surface area contributed by atoms with E-state index in [-0.39, 0.29) is 6.23 Å². The van der Waals surface area contributed by atoms with Crippen molar-refractivity contribution in [3.63, 3.8) is 0 Å². The molecule has 1 saturated heterocycles. The van der Waals surface area contributed by atoms with Crippen molar-refractivity contribution in [2.24, 2.45) is 0 Å². The highest BCUT2D eigenvalue weighted by Gasteiger charge is 2.22. The lowest BCUT2D eigenvalue weighted by Crippen LogP contribution is -2.31. The zero-order valence-electron chi connectivity index (χ0n) is 8.28. The molecule has 1 aliphatic rings. The summed E-state index contributed by atoms with van der Waals surface area (Å²) in [6, 6.07) is 0. The van der Waals surface area contributed by atoms with Crippen molar-refractivity contribution in [2.75, 3.05) is 18.9 Å². The van der Waals surface area contributed by atoms with Crippen LogP contribution in [0.3, 0.4) is 0 Å². The Morgan fingerprint density at radius 1 is 1.69 bits per heavy atom. The Kier molecular flexibility index (Phi) is 5.06. The molecule has 0 amide bonds. The minimum Gasteiger partial charge on any atom is -0.357 e. The standard InChI is InChI=1S/C9H17NOS2/c1-3-4-7-13-9(12)10-5-6-11-8(10)2/h8H,3-7H2,1-2H3/t8-/m1/s1. The summed E-state index contributed by atoms with van der Waals surface area (Å²) in [7, 11) is 0. The Labute approximate surface area is 90.0 Å². The molecule has 0 aromatic carbocycles. The Morgan fingerprint density at radius 2 is 2.46 bits per heavy atom. The molecule has 1 aliphatic heterocycles. The molecule has 1 fully saturated rings. The molecule has 0 radical (unpaired) electrons. The highest BCUT2D eigenvalue weighted by Crippen LogP contribution is 2.18. The van der Waals surface area contributed by atoms with Crippen LogP contribution in [0.2, 0.25) is 0 Å². The minimum atomic E-state index is 0.182. The summed E-state index contributed by atoms with van der Waals surface area (Å²) in [4.78, 5) is 2.16. The van der Waals surface area contributed by atoms with Crippen LogP contribution in [0.15, 0.2) is 0 Å². The van der Waals surface area contributed by atoms with Gasteiger partial charge in [-0.15, -0.1) is 0 Å². The van der Waals surface area contributed by atoms with Crippen LogP contribution >= 0.6 is 24.0 Å². The molecule has 0 aromatic heterocycles. The van der Waals surface area contributed by atoms with Crippen molar-refractivity contribution in [3.05, 3.63) is 0 Å². The Hall–Kier alpha value is 0.200. The molecule has 4 heteroatoms. The maximum Gasteiger partial charge on any atom is 0.138 e. The first-order valence-electron chi connectivity index (χ1n) is 4.80. The van der Waals surface area contributed by atoms with Gasteiger partial charge in [-0.2, -0.15) is 0 Å². The fourth-order valence-corrected chi connectivity index (χ4v) is 2.72. The van der Waals surface area contributed by atoms with E-state index < -0.39 is 0 Å². The molecule has 13 heavy (non-hydrogen) atoms. The van der Waals surface area contributed by atoms with Crippen molar-refractivity contribution in [3.8, 4) is 0 Å². The lowest BCUT2D eigenvalue weighted by atomic mass is 10.4. The third-order valence-corrected chi connectivity index (χ3v) is 3.65. The van der Waals surface area contributed by atoms with Crippen LogP contribution in [0.1, 0.15) is 26.7 Å². The van der Waals surface area contributed by atoms with Gasteiger partial charge in [0.2, 0.25) is 0 Å². The average molecular weight is 219 g/mol. The van der Waals surface area contributed by atoms with Crippen LogP contribution in [-0.4, -0.2) is 34.4 Å². The molecule has 0 aromatic rings. The predicted molar refractivity (Wildman–Crippen MR) is 62.1 cm³/mol. The van der Waals surface area contributed by atoms with Gasteiger partial charge in [-0.05, 0) is 13.3 Å². The summed E-state index contributed by atoms with van der Waals surface area (Å²) in [6.07, 6.45) is 2.66. The number of hydrogen-bond donors (Lipinski definition) is 0. The van der Waals surface area contributed by atoms with Gasteiger partial charge in [0.15, 0.2) is 0 Å². The summed E-state index contributed by atoms with van der Waals surface area (Å²) in [5.41, 5.74) is 0. The van der Waals surface area contributed by atoms with Crippen molar-refractivity contribution >= 4 is 28.3 Å². The summed E-state index contributed by atoms with van der Waals surface area (Å²) in [6.45, 7) is 6.03. The zero-order valence-corrected chi connectivity index (χ0v) is 9.92. The SMILES string of the molecule is CCCCSC(=S)N1CCO[C@@H]1C. The van der Waals surface area contributed by atoms with E-state index in [0.717, 1.165) is 23.2 Å². The van der Waals surface area contributed by atoms with E-state index in [4.69, 9.17) is 17.0 Å². The monoisotopic (exact) mass is 219 g/mol. The van der Waals surface area contributed by atoms with Gasteiger partial charge in [0, 0.05) is 12.3 Å². The highest BCUT2D eigenvalue weighted by atomic mass is 32.2. The second kappa shape index (κ2) is 5.83. The van der Waals surface area contributed by atoms with E-state index in [1.807, 2.05) is 0 Å². The van der Waals surface area contributed by atoms with Crippen molar-refractivity contribution in [1.82, 2.24) is 4.90 Å². The smallest absolute Gasteiger partial charge is 0.138 e. The van der Waals surface area contributed by atoms with Crippen LogP contribution in [-0.2, 0) is 4.74 Å². The van der Waals surface area contributed by atoms with E-state index in [1.54, 1.807) is 11.8 Å². The van der Waals surface area contributed by atoms with Crippen LogP contribution in [0, 0.1) is 0 Å². The summed E-state index contributed by atoms with van der Waals surface area (Å²) in [5.74, 6) is 1.14. The molecule has 1 rings (SSSR count). The van der Waals surface area contributed by atoms with Crippen molar-refractivity contribution < 1.29 is 4.74 Å². The Bertz CT molecular complexity index is 175. The number of nitrogens with zero attached hydrogens (tertiary/aromatic N) is 1. The van der Waals surface area contributed by atoms with Crippen molar-refractivity contribution in [1.29, 1.82) is 0 Å². The van der Waals surface area contributed by atoms with Gasteiger partial charge >= 0.3 is 0 Å². The third kappa shape index (κ3) is 3.44. The first-order valence-corrected chi connectivity index (χ1v) is 6.20. The highest BCUT2D eigenvalue weighted by molar-refractivity contribution is 8.22. The Morgan fingerprint density at radius 3 is 3.00 bits per heavy atom. The average Bonchev–Trinajstić information content (AvgIpc) is 2.52. The molecule has 0 aliphatic carbocycles. The van der Waals surface area contributed by atoms with Crippen molar-refractivity contribution in [2.45, 2.75) is 32.9 Å². The van der Waals surface area contributed by atoms with Gasteiger partial charge in [0.05, 0.1) is 6.61 Å². The molecule has 0 N–H and O–H groups in total. The maximum absolute atomic E-state index is 5.42. The summed E-state index contributed by atoms with van der Waals surface area (Å²) >= 11 is 7.09. The Balaban J connectivity index is 2.22. The van der Waals surface area contributed by atoms with Gasteiger partial charge in [-0.3, -0.25) is 0 Å². The zero-order chi connectivity index (χ0) is 9.68.